The maximum Gasteiger partial charge on any atom is 0.342 e. The molecule has 0 fully saturated rings. The molecule has 0 amide bonds. The molecule has 4 N–H and O–H groups in total. The van der Waals surface area contributed by atoms with E-state index < -0.39 is 41.0 Å². The Bertz CT molecular complexity index is 832. The van der Waals surface area contributed by atoms with Crippen molar-refractivity contribution in [2.75, 3.05) is 0 Å². The highest BCUT2D eigenvalue weighted by Gasteiger charge is 2.31. The Morgan fingerprint density at radius 3 is 2.33 bits per heavy atom. The molecular formula is C11H12N5O7P. The van der Waals surface area contributed by atoms with Crippen molar-refractivity contribution in [3.05, 3.63) is 56.6 Å². The Kier molecular flexibility index (Phi) is 4.76. The van der Waals surface area contributed by atoms with Gasteiger partial charge in [-0.3, -0.25) is 24.8 Å². The van der Waals surface area contributed by atoms with Gasteiger partial charge in [-0.15, -0.1) is 0 Å². The lowest BCUT2D eigenvalue weighted by molar-refractivity contribution is -0.394. The number of hydrogen-bond acceptors (Lipinski definition) is 7. The SMILES string of the molecule is NC(Cc1cc(-n2ccnc2)c([N+](=O)[O-])cc1[N+](=O)[O-])P(=O)(O)O. The second kappa shape index (κ2) is 6.45. The number of nitro benzene ring substituents is 2. The van der Waals surface area contributed by atoms with E-state index in [0.29, 0.717) is 0 Å². The molecule has 1 unspecified atom stereocenters. The van der Waals surface area contributed by atoms with E-state index in [9.17, 15) is 24.8 Å². The highest BCUT2D eigenvalue weighted by Crippen LogP contribution is 2.41. The van der Waals surface area contributed by atoms with Crippen LogP contribution in [0.3, 0.4) is 0 Å². The molecule has 2 rings (SSSR count). The summed E-state index contributed by atoms with van der Waals surface area (Å²) in [5.74, 6) is -1.67. The number of aromatic nitrogens is 2. The average molecular weight is 357 g/mol. The van der Waals surface area contributed by atoms with Crippen LogP contribution in [-0.4, -0.2) is 35.0 Å². The first-order chi connectivity index (χ1) is 11.1. The number of nitrogens with zero attached hydrogens (tertiary/aromatic N) is 4. The van der Waals surface area contributed by atoms with Crippen molar-refractivity contribution in [1.29, 1.82) is 0 Å². The maximum atomic E-state index is 11.2. The monoisotopic (exact) mass is 357 g/mol. The molecule has 1 heterocycles. The smallest absolute Gasteiger partial charge is 0.323 e. The molecule has 12 nitrogen and oxygen atoms in total. The molecule has 24 heavy (non-hydrogen) atoms. The third-order valence-electron chi connectivity index (χ3n) is 3.21. The van der Waals surface area contributed by atoms with Gasteiger partial charge in [-0.05, 0) is 6.07 Å². The van der Waals surface area contributed by atoms with Crippen molar-refractivity contribution in [1.82, 2.24) is 9.55 Å². The lowest BCUT2D eigenvalue weighted by Gasteiger charge is -2.14. The van der Waals surface area contributed by atoms with Gasteiger partial charge in [0.2, 0.25) is 0 Å². The highest BCUT2D eigenvalue weighted by atomic mass is 31.2. The Balaban J connectivity index is 2.65. The molecule has 0 saturated carbocycles. The number of benzene rings is 1. The minimum Gasteiger partial charge on any atom is -0.323 e. The molecule has 0 aliphatic rings. The fraction of sp³-hybridized carbons (Fsp3) is 0.182. The highest BCUT2D eigenvalue weighted by molar-refractivity contribution is 7.52. The van der Waals surface area contributed by atoms with Crippen LogP contribution in [0.2, 0.25) is 0 Å². The van der Waals surface area contributed by atoms with Crippen LogP contribution in [-0.2, 0) is 11.0 Å². The lowest BCUT2D eigenvalue weighted by Crippen LogP contribution is -2.23. The molecule has 0 radical (unpaired) electrons. The number of hydrogen-bond donors (Lipinski definition) is 3. The van der Waals surface area contributed by atoms with Crippen LogP contribution in [0.25, 0.3) is 5.69 Å². The van der Waals surface area contributed by atoms with Crippen LogP contribution in [0, 0.1) is 20.2 Å². The van der Waals surface area contributed by atoms with Crippen molar-refractivity contribution in [3.8, 4) is 5.69 Å². The van der Waals surface area contributed by atoms with Crippen molar-refractivity contribution in [2.45, 2.75) is 12.2 Å². The van der Waals surface area contributed by atoms with Gasteiger partial charge in [-0.2, -0.15) is 0 Å². The molecule has 0 saturated heterocycles. The fourth-order valence-electron chi connectivity index (χ4n) is 2.04. The van der Waals surface area contributed by atoms with Crippen molar-refractivity contribution < 1.29 is 24.2 Å². The van der Waals surface area contributed by atoms with Crippen molar-refractivity contribution in [2.24, 2.45) is 5.73 Å². The second-order valence-electron chi connectivity index (χ2n) is 4.81. The van der Waals surface area contributed by atoms with E-state index >= 15 is 0 Å². The molecule has 0 aliphatic carbocycles. The van der Waals surface area contributed by atoms with Gasteiger partial charge >= 0.3 is 7.60 Å². The largest absolute Gasteiger partial charge is 0.342 e. The van der Waals surface area contributed by atoms with Crippen LogP contribution in [0.1, 0.15) is 5.56 Å². The van der Waals surface area contributed by atoms with Gasteiger partial charge in [-0.1, -0.05) is 0 Å². The predicted octanol–water partition coefficient (Wildman–Crippen LogP) is 0.694. The minimum atomic E-state index is -4.68. The summed E-state index contributed by atoms with van der Waals surface area (Å²) in [5.41, 5.74) is 4.02. The van der Waals surface area contributed by atoms with Crippen LogP contribution in [0.15, 0.2) is 30.9 Å². The van der Waals surface area contributed by atoms with Crippen molar-refractivity contribution in [3.63, 3.8) is 0 Å². The zero-order valence-corrected chi connectivity index (χ0v) is 12.8. The van der Waals surface area contributed by atoms with Crippen LogP contribution < -0.4 is 5.73 Å². The normalized spacial score (nSPS) is 12.8. The number of nitrogens with two attached hydrogens (primary N) is 1. The summed E-state index contributed by atoms with van der Waals surface area (Å²) in [6, 6.07) is 1.84. The molecular weight excluding hydrogens is 345 g/mol. The Hall–Kier alpha value is -2.66. The summed E-state index contributed by atoms with van der Waals surface area (Å²) in [4.78, 5) is 42.5. The summed E-state index contributed by atoms with van der Waals surface area (Å²) >= 11 is 0. The van der Waals surface area contributed by atoms with Crippen molar-refractivity contribution >= 4 is 19.0 Å². The van der Waals surface area contributed by atoms with Gasteiger partial charge in [0.15, 0.2) is 0 Å². The third kappa shape index (κ3) is 3.63. The van der Waals surface area contributed by atoms with Crippen LogP contribution in [0.5, 0.6) is 0 Å². The minimum absolute atomic E-state index is 0.0315. The molecule has 0 bridgehead atoms. The van der Waals surface area contributed by atoms with E-state index in [2.05, 4.69) is 4.98 Å². The first-order valence-corrected chi connectivity index (χ1v) is 8.04. The molecule has 1 aromatic carbocycles. The topological polar surface area (TPSA) is 188 Å². The molecule has 0 aliphatic heterocycles. The quantitative estimate of drug-likeness (QED) is 0.379. The standard InChI is InChI=1S/C11H12N5O7P/c12-11(24(21,22)23)4-7-3-9(14-2-1-13-6-14)10(16(19)20)5-8(7)15(17)18/h1-3,5-6,11H,4,12H2,(H2,21,22,23). The van der Waals surface area contributed by atoms with Gasteiger partial charge < -0.3 is 20.1 Å². The third-order valence-corrected chi connectivity index (χ3v) is 4.26. The molecule has 0 spiro atoms. The van der Waals surface area contributed by atoms with Crippen LogP contribution in [0.4, 0.5) is 11.4 Å². The van der Waals surface area contributed by atoms with Gasteiger partial charge in [0, 0.05) is 24.4 Å². The molecule has 1 aromatic heterocycles. The predicted molar refractivity (Wildman–Crippen MR) is 80.6 cm³/mol. The number of nitro groups is 2. The van der Waals surface area contributed by atoms with E-state index in [4.69, 9.17) is 15.5 Å². The van der Waals surface area contributed by atoms with Gasteiger partial charge in [0.25, 0.3) is 11.4 Å². The Labute approximate surface area is 134 Å². The fourth-order valence-corrected chi connectivity index (χ4v) is 2.48. The van der Waals surface area contributed by atoms with E-state index in [1.54, 1.807) is 0 Å². The molecule has 1 atom stereocenters. The zero-order chi connectivity index (χ0) is 18.1. The van der Waals surface area contributed by atoms with Gasteiger partial charge in [0.05, 0.1) is 22.2 Å². The second-order valence-corrected chi connectivity index (χ2v) is 6.66. The van der Waals surface area contributed by atoms with E-state index in [0.717, 1.165) is 12.1 Å². The average Bonchev–Trinajstić information content (AvgIpc) is 2.99. The van der Waals surface area contributed by atoms with E-state index in [-0.39, 0.29) is 11.3 Å². The summed E-state index contributed by atoms with van der Waals surface area (Å²) in [6.45, 7) is 0. The Morgan fingerprint density at radius 1 is 1.25 bits per heavy atom. The molecule has 13 heteroatoms. The van der Waals surface area contributed by atoms with Gasteiger partial charge in [0.1, 0.15) is 11.5 Å². The zero-order valence-electron chi connectivity index (χ0n) is 11.9. The first-order valence-electron chi connectivity index (χ1n) is 6.36. The Morgan fingerprint density at radius 2 is 1.88 bits per heavy atom. The summed E-state index contributed by atoms with van der Waals surface area (Å²) in [7, 11) is -4.68. The first kappa shape index (κ1) is 17.7. The number of rotatable bonds is 6. The maximum absolute atomic E-state index is 11.2. The van der Waals surface area contributed by atoms with E-state index in [1.165, 1.54) is 23.3 Å². The lowest BCUT2D eigenvalue weighted by atomic mass is 10.1. The van der Waals surface area contributed by atoms with E-state index in [1.807, 2.05) is 0 Å². The summed E-state index contributed by atoms with van der Waals surface area (Å²) in [6.07, 6.45) is 3.47. The summed E-state index contributed by atoms with van der Waals surface area (Å²) in [5, 5.41) is 22.3. The van der Waals surface area contributed by atoms with Gasteiger partial charge in [-0.25, -0.2) is 4.98 Å². The number of imidazole rings is 1. The summed E-state index contributed by atoms with van der Waals surface area (Å²) < 4.78 is 12.4. The van der Waals surface area contributed by atoms with Crippen LogP contribution >= 0.6 is 7.60 Å². The molecule has 128 valence electrons. The molecule has 2 aromatic rings.